The van der Waals surface area contributed by atoms with E-state index < -0.39 is 0 Å². The third-order valence-corrected chi connectivity index (χ3v) is 5.22. The quantitative estimate of drug-likeness (QED) is 0.830. The largest absolute Gasteiger partial charge is 0.342 e. The predicted octanol–water partition coefficient (Wildman–Crippen LogP) is 2.71. The lowest BCUT2D eigenvalue weighted by Crippen LogP contribution is -2.51. The van der Waals surface area contributed by atoms with Gasteiger partial charge >= 0.3 is 0 Å². The van der Waals surface area contributed by atoms with Crippen molar-refractivity contribution in [2.24, 2.45) is 11.8 Å². The summed E-state index contributed by atoms with van der Waals surface area (Å²) in [6.07, 6.45) is 6.25. The molecule has 0 spiro atoms. The minimum Gasteiger partial charge on any atom is -0.342 e. The van der Waals surface area contributed by atoms with Crippen molar-refractivity contribution in [1.82, 2.24) is 20.4 Å². The van der Waals surface area contributed by atoms with Crippen molar-refractivity contribution in [3.63, 3.8) is 0 Å². The van der Waals surface area contributed by atoms with Gasteiger partial charge in [-0.1, -0.05) is 25.4 Å². The molecule has 1 saturated heterocycles. The van der Waals surface area contributed by atoms with Gasteiger partial charge in [-0.2, -0.15) is 4.98 Å². The molecule has 0 bridgehead atoms. The van der Waals surface area contributed by atoms with Crippen molar-refractivity contribution in [2.45, 2.75) is 71.4 Å². The Balaban J connectivity index is 1.50. The summed E-state index contributed by atoms with van der Waals surface area (Å²) < 4.78 is 5.41. The first kappa shape index (κ1) is 17.4. The molecule has 2 fully saturated rings. The number of hydrogen-bond donors (Lipinski definition) is 1. The molecule has 3 unspecified atom stereocenters. The molecule has 1 N–H and O–H groups in total. The fourth-order valence-electron chi connectivity index (χ4n) is 3.45. The first-order valence-corrected chi connectivity index (χ1v) is 9.45. The maximum Gasteiger partial charge on any atom is 0.243 e. The highest BCUT2D eigenvalue weighted by molar-refractivity contribution is 5.81. The molecule has 2 heterocycles. The van der Waals surface area contributed by atoms with Crippen LogP contribution < -0.4 is 5.32 Å². The van der Waals surface area contributed by atoms with Crippen LogP contribution in [0.25, 0.3) is 0 Å². The fourth-order valence-corrected chi connectivity index (χ4v) is 3.45. The molecule has 6 nitrogen and oxygen atoms in total. The van der Waals surface area contributed by atoms with Gasteiger partial charge in [-0.05, 0) is 38.5 Å². The summed E-state index contributed by atoms with van der Waals surface area (Å²) in [6.45, 7) is 8.16. The van der Waals surface area contributed by atoms with Crippen LogP contribution in [-0.4, -0.2) is 40.1 Å². The predicted molar refractivity (Wildman–Crippen MR) is 91.3 cm³/mol. The van der Waals surface area contributed by atoms with Crippen molar-refractivity contribution in [3.05, 3.63) is 11.7 Å². The van der Waals surface area contributed by atoms with Gasteiger partial charge in [-0.3, -0.25) is 4.79 Å². The monoisotopic (exact) mass is 334 g/mol. The van der Waals surface area contributed by atoms with Crippen molar-refractivity contribution in [3.8, 4) is 0 Å². The highest BCUT2D eigenvalue weighted by Gasteiger charge is 2.37. The second-order valence-corrected chi connectivity index (χ2v) is 7.47. The van der Waals surface area contributed by atoms with E-state index >= 15 is 0 Å². The number of nitrogens with zero attached hydrogens (tertiary/aromatic N) is 3. The number of amides is 1. The Bertz CT molecular complexity index is 555. The van der Waals surface area contributed by atoms with E-state index in [1.807, 2.05) is 0 Å². The first-order valence-electron chi connectivity index (χ1n) is 9.45. The number of rotatable bonds is 7. The van der Waals surface area contributed by atoms with E-state index in [9.17, 15) is 4.79 Å². The minimum atomic E-state index is 0.0472. The highest BCUT2D eigenvalue weighted by atomic mass is 16.5. The van der Waals surface area contributed by atoms with Crippen LogP contribution in [0.2, 0.25) is 0 Å². The second kappa shape index (κ2) is 7.64. The Kier molecular flexibility index (Phi) is 5.54. The van der Waals surface area contributed by atoms with Crippen LogP contribution in [0.4, 0.5) is 0 Å². The molecule has 0 aromatic carbocycles. The normalized spacial score (nSPS) is 25.7. The summed E-state index contributed by atoms with van der Waals surface area (Å²) in [5, 5.41) is 7.69. The van der Waals surface area contributed by atoms with E-state index in [1.165, 1.54) is 0 Å². The third kappa shape index (κ3) is 4.15. The fraction of sp³-hybridized carbons (Fsp3) is 0.833. The minimum absolute atomic E-state index is 0.0472. The number of carbonyl (C=O) groups is 1. The molecule has 1 aliphatic carbocycles. The van der Waals surface area contributed by atoms with Gasteiger partial charge < -0.3 is 14.7 Å². The number of likely N-dealkylation sites (tertiary alicyclic amines) is 1. The number of aryl methyl sites for hydroxylation is 1. The number of carbonyl (C=O) groups excluding carboxylic acids is 1. The summed E-state index contributed by atoms with van der Waals surface area (Å²) in [4.78, 5) is 18.8. The molecular formula is C18H30N4O2. The highest BCUT2D eigenvalue weighted by Crippen LogP contribution is 2.32. The Morgan fingerprint density at radius 1 is 1.42 bits per heavy atom. The van der Waals surface area contributed by atoms with Gasteiger partial charge in [0, 0.05) is 31.5 Å². The van der Waals surface area contributed by atoms with Gasteiger partial charge in [-0.15, -0.1) is 0 Å². The Hall–Kier alpha value is -1.43. The van der Waals surface area contributed by atoms with Gasteiger partial charge in [-0.25, -0.2) is 0 Å². The molecule has 3 rings (SSSR count). The standard InChI is InChI=1S/C18H30N4O2/c1-4-5-6-16-20-17(24-21-16)13(3)19-15-9-10-22(11-12(15)2)18(23)14-7-8-14/h12-15,19H,4-11H2,1-3H3. The van der Waals surface area contributed by atoms with E-state index in [1.54, 1.807) is 0 Å². The Morgan fingerprint density at radius 2 is 2.21 bits per heavy atom. The number of nitrogens with one attached hydrogen (secondary N) is 1. The number of hydrogen-bond acceptors (Lipinski definition) is 5. The van der Waals surface area contributed by atoms with Crippen LogP contribution in [0.5, 0.6) is 0 Å². The maximum atomic E-state index is 12.2. The Morgan fingerprint density at radius 3 is 2.88 bits per heavy atom. The van der Waals surface area contributed by atoms with Gasteiger partial charge in [0.1, 0.15) is 0 Å². The molecule has 1 aromatic rings. The number of aromatic nitrogens is 2. The van der Waals surface area contributed by atoms with Crippen molar-refractivity contribution >= 4 is 5.91 Å². The molecule has 24 heavy (non-hydrogen) atoms. The van der Waals surface area contributed by atoms with Crippen molar-refractivity contribution < 1.29 is 9.32 Å². The lowest BCUT2D eigenvalue weighted by Gasteiger charge is -2.38. The van der Waals surface area contributed by atoms with Crippen LogP contribution in [-0.2, 0) is 11.2 Å². The van der Waals surface area contributed by atoms with E-state index in [-0.39, 0.29) is 6.04 Å². The lowest BCUT2D eigenvalue weighted by atomic mass is 9.93. The molecule has 0 radical (unpaired) electrons. The maximum absolute atomic E-state index is 12.2. The zero-order valence-electron chi connectivity index (χ0n) is 15.1. The molecular weight excluding hydrogens is 304 g/mol. The average Bonchev–Trinajstić information content (AvgIpc) is 3.32. The zero-order chi connectivity index (χ0) is 17.1. The van der Waals surface area contributed by atoms with E-state index in [0.29, 0.717) is 29.7 Å². The third-order valence-electron chi connectivity index (χ3n) is 5.22. The summed E-state index contributed by atoms with van der Waals surface area (Å²) in [7, 11) is 0. The van der Waals surface area contributed by atoms with E-state index in [4.69, 9.17) is 4.52 Å². The Labute approximate surface area is 144 Å². The summed E-state index contributed by atoms with van der Waals surface area (Å²) in [5.74, 6) is 2.60. The molecule has 1 amide bonds. The van der Waals surface area contributed by atoms with Crippen LogP contribution in [0.3, 0.4) is 0 Å². The molecule has 6 heteroatoms. The summed E-state index contributed by atoms with van der Waals surface area (Å²) in [5.41, 5.74) is 0. The molecule has 3 atom stereocenters. The zero-order valence-corrected chi connectivity index (χ0v) is 15.1. The van der Waals surface area contributed by atoms with Crippen molar-refractivity contribution in [2.75, 3.05) is 13.1 Å². The molecule has 1 aromatic heterocycles. The molecule has 1 aliphatic heterocycles. The van der Waals surface area contributed by atoms with E-state index in [0.717, 1.165) is 57.4 Å². The topological polar surface area (TPSA) is 71.3 Å². The number of unbranched alkanes of at least 4 members (excludes halogenated alkanes) is 1. The number of piperidine rings is 1. The van der Waals surface area contributed by atoms with Crippen molar-refractivity contribution in [1.29, 1.82) is 0 Å². The lowest BCUT2D eigenvalue weighted by molar-refractivity contribution is -0.134. The SMILES string of the molecule is CCCCc1noc(C(C)NC2CCN(C(=O)C3CC3)CC2C)n1. The smallest absolute Gasteiger partial charge is 0.243 e. The first-order chi connectivity index (χ1) is 11.6. The average molecular weight is 334 g/mol. The molecule has 134 valence electrons. The second-order valence-electron chi connectivity index (χ2n) is 7.47. The van der Waals surface area contributed by atoms with Gasteiger partial charge in [0.2, 0.25) is 11.8 Å². The van der Waals surface area contributed by atoms with Crippen LogP contribution >= 0.6 is 0 Å². The van der Waals surface area contributed by atoms with Gasteiger partial charge in [0.15, 0.2) is 5.82 Å². The molecule has 1 saturated carbocycles. The van der Waals surface area contributed by atoms with Crippen LogP contribution in [0.15, 0.2) is 4.52 Å². The van der Waals surface area contributed by atoms with E-state index in [2.05, 4.69) is 41.1 Å². The summed E-state index contributed by atoms with van der Waals surface area (Å²) >= 11 is 0. The van der Waals surface area contributed by atoms with Gasteiger partial charge in [0.05, 0.1) is 6.04 Å². The van der Waals surface area contributed by atoms with Gasteiger partial charge in [0.25, 0.3) is 0 Å². The summed E-state index contributed by atoms with van der Waals surface area (Å²) in [6, 6.07) is 0.431. The molecule has 2 aliphatic rings. The van der Waals surface area contributed by atoms with Crippen LogP contribution in [0, 0.1) is 11.8 Å². The van der Waals surface area contributed by atoms with Crippen LogP contribution in [0.1, 0.15) is 70.6 Å².